The van der Waals surface area contributed by atoms with Gasteiger partial charge < -0.3 is 4.90 Å². The molecular weight excluding hydrogens is 302 g/mol. The van der Waals surface area contributed by atoms with Gasteiger partial charge in [0.2, 0.25) is 0 Å². The van der Waals surface area contributed by atoms with Crippen molar-refractivity contribution in [2.75, 3.05) is 31.1 Å². The lowest BCUT2D eigenvalue weighted by Crippen LogP contribution is -2.41. The van der Waals surface area contributed by atoms with Gasteiger partial charge in [0.1, 0.15) is 5.82 Å². The fourth-order valence-electron chi connectivity index (χ4n) is 3.34. The number of hydrogen-bond donors (Lipinski definition) is 0. The molecule has 0 aliphatic carbocycles. The molecule has 3 nitrogen and oxygen atoms in total. The zero-order valence-corrected chi connectivity index (χ0v) is 13.0. The van der Waals surface area contributed by atoms with Crippen LogP contribution in [0.15, 0.2) is 18.3 Å². The van der Waals surface area contributed by atoms with Gasteiger partial charge in [0.15, 0.2) is 0 Å². The molecule has 0 aromatic carbocycles. The van der Waals surface area contributed by atoms with Crippen LogP contribution in [0.4, 0.5) is 5.82 Å². The van der Waals surface area contributed by atoms with E-state index in [0.29, 0.717) is 0 Å². The Morgan fingerprint density at radius 3 is 2.84 bits per heavy atom. The number of rotatable bonds is 3. The average molecular weight is 324 g/mol. The molecule has 1 aromatic rings. The van der Waals surface area contributed by atoms with Gasteiger partial charge >= 0.3 is 0 Å². The molecule has 2 aliphatic rings. The van der Waals surface area contributed by atoms with Gasteiger partial charge in [-0.05, 0) is 38.4 Å². The first kappa shape index (κ1) is 13.4. The first-order chi connectivity index (χ1) is 9.38. The maximum atomic E-state index is 4.59. The molecule has 0 amide bonds. The van der Waals surface area contributed by atoms with Crippen molar-refractivity contribution >= 4 is 21.7 Å². The Bertz CT molecular complexity index is 418. The largest absolute Gasteiger partial charge is 0.355 e. The number of likely N-dealkylation sites (tertiary alicyclic amines) is 1. The van der Waals surface area contributed by atoms with E-state index in [1.54, 1.807) is 0 Å². The summed E-state index contributed by atoms with van der Waals surface area (Å²) < 4.78 is 0. The van der Waals surface area contributed by atoms with Crippen LogP contribution in [-0.4, -0.2) is 42.1 Å². The minimum absolute atomic E-state index is 0.741. The highest BCUT2D eigenvalue weighted by Gasteiger charge is 2.29. The number of pyridine rings is 1. The summed E-state index contributed by atoms with van der Waals surface area (Å²) in [6.45, 7) is 4.90. The number of halogens is 1. The van der Waals surface area contributed by atoms with Crippen LogP contribution in [-0.2, 0) is 5.33 Å². The van der Waals surface area contributed by atoms with Crippen LogP contribution in [0.25, 0.3) is 0 Å². The Hall–Kier alpha value is -0.610. The van der Waals surface area contributed by atoms with E-state index in [9.17, 15) is 0 Å². The summed E-state index contributed by atoms with van der Waals surface area (Å²) in [4.78, 5) is 9.75. The van der Waals surface area contributed by atoms with Gasteiger partial charge in [0.25, 0.3) is 0 Å². The SMILES string of the molecule is BrCc1cccnc1N1CCC(N2CCCCC2)C1. The van der Waals surface area contributed by atoms with Crippen LogP contribution in [0.1, 0.15) is 31.2 Å². The van der Waals surface area contributed by atoms with Crippen molar-refractivity contribution in [2.45, 2.75) is 37.1 Å². The molecule has 2 fully saturated rings. The third kappa shape index (κ3) is 2.95. The first-order valence-electron chi connectivity index (χ1n) is 7.37. The van der Waals surface area contributed by atoms with Crippen LogP contribution in [0.2, 0.25) is 0 Å². The molecule has 0 bridgehead atoms. The summed E-state index contributed by atoms with van der Waals surface area (Å²) in [6, 6.07) is 4.94. The molecule has 104 valence electrons. The summed E-state index contributed by atoms with van der Waals surface area (Å²) in [5.74, 6) is 1.18. The van der Waals surface area contributed by atoms with E-state index in [4.69, 9.17) is 0 Å². The van der Waals surface area contributed by atoms with E-state index in [1.165, 1.54) is 50.2 Å². The number of aromatic nitrogens is 1. The topological polar surface area (TPSA) is 19.4 Å². The minimum Gasteiger partial charge on any atom is -0.355 e. The van der Waals surface area contributed by atoms with Crippen molar-refractivity contribution in [3.63, 3.8) is 0 Å². The Morgan fingerprint density at radius 2 is 2.05 bits per heavy atom. The number of nitrogens with zero attached hydrogens (tertiary/aromatic N) is 3. The Morgan fingerprint density at radius 1 is 1.21 bits per heavy atom. The van der Waals surface area contributed by atoms with E-state index in [0.717, 1.165) is 24.5 Å². The minimum atomic E-state index is 0.741. The molecule has 0 spiro atoms. The van der Waals surface area contributed by atoms with Crippen molar-refractivity contribution in [2.24, 2.45) is 0 Å². The molecule has 3 heterocycles. The zero-order chi connectivity index (χ0) is 13.1. The number of alkyl halides is 1. The predicted molar refractivity (Wildman–Crippen MR) is 82.9 cm³/mol. The second kappa shape index (κ2) is 6.23. The molecule has 4 heteroatoms. The fourth-order valence-corrected chi connectivity index (χ4v) is 3.77. The number of anilines is 1. The number of hydrogen-bond acceptors (Lipinski definition) is 3. The van der Waals surface area contributed by atoms with Crippen molar-refractivity contribution < 1.29 is 0 Å². The van der Waals surface area contributed by atoms with Crippen LogP contribution >= 0.6 is 15.9 Å². The molecule has 1 aromatic heterocycles. The third-order valence-corrected chi connectivity index (χ3v) is 4.99. The third-order valence-electron chi connectivity index (χ3n) is 4.38. The highest BCUT2D eigenvalue weighted by Crippen LogP contribution is 2.27. The molecule has 0 radical (unpaired) electrons. The van der Waals surface area contributed by atoms with Gasteiger partial charge in [-0.25, -0.2) is 4.98 Å². The van der Waals surface area contributed by atoms with E-state index in [-0.39, 0.29) is 0 Å². The molecular formula is C15H22BrN3. The monoisotopic (exact) mass is 323 g/mol. The van der Waals surface area contributed by atoms with Gasteiger partial charge in [-0.1, -0.05) is 28.4 Å². The van der Waals surface area contributed by atoms with Crippen molar-refractivity contribution in [1.29, 1.82) is 0 Å². The summed E-state index contributed by atoms with van der Waals surface area (Å²) >= 11 is 3.57. The molecule has 2 aliphatic heterocycles. The van der Waals surface area contributed by atoms with Crippen LogP contribution in [0, 0.1) is 0 Å². The summed E-state index contributed by atoms with van der Waals surface area (Å²) in [5.41, 5.74) is 1.31. The van der Waals surface area contributed by atoms with E-state index in [1.807, 2.05) is 12.3 Å². The molecule has 1 unspecified atom stereocenters. The highest BCUT2D eigenvalue weighted by atomic mass is 79.9. The lowest BCUT2D eigenvalue weighted by Gasteiger charge is -2.32. The second-order valence-corrected chi connectivity index (χ2v) is 6.17. The van der Waals surface area contributed by atoms with Gasteiger partial charge in [-0.15, -0.1) is 0 Å². The Kier molecular flexibility index (Phi) is 4.38. The summed E-state index contributed by atoms with van der Waals surface area (Å²) in [6.07, 6.45) is 7.38. The van der Waals surface area contributed by atoms with Crippen molar-refractivity contribution in [3.05, 3.63) is 23.9 Å². The first-order valence-corrected chi connectivity index (χ1v) is 8.49. The van der Waals surface area contributed by atoms with Crippen molar-refractivity contribution in [1.82, 2.24) is 9.88 Å². The normalized spacial score (nSPS) is 24.9. The van der Waals surface area contributed by atoms with Gasteiger partial charge in [0.05, 0.1) is 0 Å². The van der Waals surface area contributed by atoms with Crippen LogP contribution < -0.4 is 4.90 Å². The summed E-state index contributed by atoms with van der Waals surface area (Å²) in [5, 5.41) is 0.890. The zero-order valence-electron chi connectivity index (χ0n) is 11.4. The molecule has 0 saturated carbocycles. The van der Waals surface area contributed by atoms with E-state index in [2.05, 4.69) is 36.8 Å². The molecule has 2 saturated heterocycles. The van der Waals surface area contributed by atoms with Crippen molar-refractivity contribution in [3.8, 4) is 0 Å². The van der Waals surface area contributed by atoms with E-state index >= 15 is 0 Å². The molecule has 0 N–H and O–H groups in total. The molecule has 19 heavy (non-hydrogen) atoms. The smallest absolute Gasteiger partial charge is 0.132 e. The van der Waals surface area contributed by atoms with Gasteiger partial charge in [-0.3, -0.25) is 4.90 Å². The maximum Gasteiger partial charge on any atom is 0.132 e. The Balaban J connectivity index is 1.67. The fraction of sp³-hybridized carbons (Fsp3) is 0.667. The molecule has 3 rings (SSSR count). The predicted octanol–water partition coefficient (Wildman–Crippen LogP) is 3.04. The lowest BCUT2D eigenvalue weighted by molar-refractivity contribution is 0.175. The summed E-state index contributed by atoms with van der Waals surface area (Å²) in [7, 11) is 0. The quantitative estimate of drug-likeness (QED) is 0.797. The standard InChI is InChI=1S/C15H22BrN3/c16-11-13-5-4-7-17-15(13)19-10-6-14(12-19)18-8-2-1-3-9-18/h4-5,7,14H,1-3,6,8-12H2. The second-order valence-electron chi connectivity index (χ2n) is 5.60. The van der Waals surface area contributed by atoms with Crippen LogP contribution in [0.5, 0.6) is 0 Å². The van der Waals surface area contributed by atoms with Gasteiger partial charge in [-0.2, -0.15) is 0 Å². The Labute approximate surface area is 124 Å². The van der Waals surface area contributed by atoms with Gasteiger partial charge in [0, 0.05) is 36.2 Å². The van der Waals surface area contributed by atoms with E-state index < -0.39 is 0 Å². The average Bonchev–Trinajstić information content (AvgIpc) is 2.98. The van der Waals surface area contributed by atoms with Crippen LogP contribution in [0.3, 0.4) is 0 Å². The lowest BCUT2D eigenvalue weighted by atomic mass is 10.1. The highest BCUT2D eigenvalue weighted by molar-refractivity contribution is 9.08. The maximum absolute atomic E-state index is 4.59. The number of piperidine rings is 1. The molecule has 1 atom stereocenters.